The fourth-order valence-corrected chi connectivity index (χ4v) is 2.14. The lowest BCUT2D eigenvalue weighted by Crippen LogP contribution is -2.22. The molecule has 1 N–H and O–H groups in total. The average molecular weight is 340 g/mol. The standard InChI is InChI=1S/C16H10ClN5O2/c17-13-3-1-2-11(6-13)15-5-4-14(24-15)7-12(8-18)16(23)21-22-9-19-20-10-22/h1-7,9-10H,(H,21,23)/b12-7+. The lowest BCUT2D eigenvalue weighted by Gasteiger charge is -2.02. The molecule has 0 aliphatic carbocycles. The van der Waals surface area contributed by atoms with Gasteiger partial charge in [-0.3, -0.25) is 10.2 Å². The van der Waals surface area contributed by atoms with Crippen molar-refractivity contribution in [2.45, 2.75) is 0 Å². The first kappa shape index (κ1) is 15.5. The molecular weight excluding hydrogens is 330 g/mol. The molecule has 2 aromatic heterocycles. The topological polar surface area (TPSA) is 96.7 Å². The highest BCUT2D eigenvalue weighted by atomic mass is 35.5. The van der Waals surface area contributed by atoms with E-state index in [1.165, 1.54) is 23.4 Å². The number of aromatic nitrogens is 3. The van der Waals surface area contributed by atoms with Crippen molar-refractivity contribution >= 4 is 23.6 Å². The Morgan fingerprint density at radius 1 is 1.29 bits per heavy atom. The summed E-state index contributed by atoms with van der Waals surface area (Å²) in [5.41, 5.74) is 3.13. The fourth-order valence-electron chi connectivity index (χ4n) is 1.95. The molecule has 0 radical (unpaired) electrons. The first-order chi connectivity index (χ1) is 11.7. The van der Waals surface area contributed by atoms with Gasteiger partial charge in [-0.25, -0.2) is 4.68 Å². The number of carbonyl (C=O) groups is 1. The van der Waals surface area contributed by atoms with E-state index in [0.717, 1.165) is 5.56 Å². The number of hydrogen-bond acceptors (Lipinski definition) is 5. The lowest BCUT2D eigenvalue weighted by atomic mass is 10.2. The molecule has 24 heavy (non-hydrogen) atoms. The van der Waals surface area contributed by atoms with Gasteiger partial charge in [-0.1, -0.05) is 23.7 Å². The van der Waals surface area contributed by atoms with E-state index in [0.29, 0.717) is 16.5 Å². The summed E-state index contributed by atoms with van der Waals surface area (Å²) in [5, 5.41) is 16.9. The summed E-state index contributed by atoms with van der Waals surface area (Å²) in [5.74, 6) is 0.360. The second-order valence-corrected chi connectivity index (χ2v) is 5.13. The zero-order valence-electron chi connectivity index (χ0n) is 12.2. The van der Waals surface area contributed by atoms with Gasteiger partial charge in [0.15, 0.2) is 0 Å². The van der Waals surface area contributed by atoms with Crippen LogP contribution in [0, 0.1) is 11.3 Å². The number of rotatable bonds is 4. The van der Waals surface area contributed by atoms with Crippen molar-refractivity contribution < 1.29 is 9.21 Å². The maximum atomic E-state index is 12.0. The van der Waals surface area contributed by atoms with Gasteiger partial charge < -0.3 is 4.42 Å². The van der Waals surface area contributed by atoms with Gasteiger partial charge in [0.2, 0.25) is 0 Å². The van der Waals surface area contributed by atoms with Crippen molar-refractivity contribution in [3.8, 4) is 17.4 Å². The minimum absolute atomic E-state index is 0.115. The third-order valence-electron chi connectivity index (χ3n) is 3.04. The van der Waals surface area contributed by atoms with Crippen molar-refractivity contribution in [1.29, 1.82) is 5.26 Å². The van der Waals surface area contributed by atoms with Crippen LogP contribution >= 0.6 is 11.6 Å². The first-order valence-electron chi connectivity index (χ1n) is 6.79. The molecule has 0 saturated carbocycles. The average Bonchev–Trinajstić information content (AvgIpc) is 3.24. The van der Waals surface area contributed by atoms with Crippen LogP contribution in [0.2, 0.25) is 5.02 Å². The first-order valence-corrected chi connectivity index (χ1v) is 7.17. The number of furan rings is 1. The predicted molar refractivity (Wildman–Crippen MR) is 87.1 cm³/mol. The SMILES string of the molecule is N#C/C(=C\c1ccc(-c2cccc(Cl)c2)o1)C(=O)Nn1cnnc1. The summed E-state index contributed by atoms with van der Waals surface area (Å²) in [4.78, 5) is 12.0. The second kappa shape index (κ2) is 6.81. The van der Waals surface area contributed by atoms with Crippen LogP contribution in [-0.2, 0) is 4.79 Å². The zero-order chi connectivity index (χ0) is 16.9. The Morgan fingerprint density at radius 3 is 2.79 bits per heavy atom. The van der Waals surface area contributed by atoms with Crippen LogP contribution in [0.1, 0.15) is 5.76 Å². The Morgan fingerprint density at radius 2 is 2.08 bits per heavy atom. The molecule has 0 unspecified atom stereocenters. The van der Waals surface area contributed by atoms with Crippen LogP contribution in [0.3, 0.4) is 0 Å². The Labute approximate surface area is 141 Å². The largest absolute Gasteiger partial charge is 0.457 e. The van der Waals surface area contributed by atoms with Gasteiger partial charge in [0.05, 0.1) is 0 Å². The van der Waals surface area contributed by atoms with Crippen molar-refractivity contribution in [2.75, 3.05) is 5.43 Å². The monoisotopic (exact) mass is 339 g/mol. The Balaban J connectivity index is 1.82. The molecule has 0 atom stereocenters. The number of hydrogen-bond donors (Lipinski definition) is 1. The molecule has 0 aliphatic heterocycles. The quantitative estimate of drug-likeness (QED) is 0.582. The maximum absolute atomic E-state index is 12.0. The molecule has 0 aliphatic rings. The van der Waals surface area contributed by atoms with Crippen LogP contribution in [0.25, 0.3) is 17.4 Å². The van der Waals surface area contributed by atoms with E-state index in [2.05, 4.69) is 15.6 Å². The molecule has 0 bridgehead atoms. The minimum Gasteiger partial charge on any atom is -0.457 e. The van der Waals surface area contributed by atoms with E-state index in [1.54, 1.807) is 24.3 Å². The maximum Gasteiger partial charge on any atom is 0.280 e. The Bertz CT molecular complexity index is 938. The normalized spacial score (nSPS) is 11.1. The van der Waals surface area contributed by atoms with Crippen LogP contribution in [0.15, 0.2) is 59.0 Å². The van der Waals surface area contributed by atoms with E-state index in [-0.39, 0.29) is 5.57 Å². The van der Waals surface area contributed by atoms with Gasteiger partial charge in [-0.2, -0.15) is 5.26 Å². The summed E-state index contributed by atoms with van der Waals surface area (Å²) in [6.45, 7) is 0. The van der Waals surface area contributed by atoms with Crippen molar-refractivity contribution in [3.05, 3.63) is 65.4 Å². The number of amides is 1. The fraction of sp³-hybridized carbons (Fsp3) is 0. The summed E-state index contributed by atoms with van der Waals surface area (Å²) >= 11 is 5.96. The van der Waals surface area contributed by atoms with Gasteiger partial charge in [0.25, 0.3) is 5.91 Å². The number of halogens is 1. The second-order valence-electron chi connectivity index (χ2n) is 4.69. The third kappa shape index (κ3) is 3.51. The summed E-state index contributed by atoms with van der Waals surface area (Å²) < 4.78 is 6.89. The van der Waals surface area contributed by atoms with Gasteiger partial charge in [0, 0.05) is 16.7 Å². The van der Waals surface area contributed by atoms with E-state index in [4.69, 9.17) is 21.3 Å². The number of nitrogens with one attached hydrogen (secondary N) is 1. The van der Waals surface area contributed by atoms with E-state index in [9.17, 15) is 4.79 Å². The van der Waals surface area contributed by atoms with Crippen molar-refractivity contribution in [3.63, 3.8) is 0 Å². The molecule has 3 rings (SSSR count). The molecule has 118 valence electrons. The molecule has 3 aromatic rings. The molecular formula is C16H10ClN5O2. The smallest absolute Gasteiger partial charge is 0.280 e. The van der Waals surface area contributed by atoms with Gasteiger partial charge >= 0.3 is 0 Å². The number of nitrogens with zero attached hydrogens (tertiary/aromatic N) is 4. The Kier molecular flexibility index (Phi) is 4.40. The predicted octanol–water partition coefficient (Wildman–Crippen LogP) is 2.87. The van der Waals surface area contributed by atoms with Crippen LogP contribution in [-0.4, -0.2) is 20.8 Å². The van der Waals surface area contributed by atoms with Gasteiger partial charge in [0.1, 0.15) is 35.8 Å². The molecule has 1 aromatic carbocycles. The highest BCUT2D eigenvalue weighted by Crippen LogP contribution is 2.25. The molecule has 0 fully saturated rings. The lowest BCUT2D eigenvalue weighted by molar-refractivity contribution is -0.113. The molecule has 7 nitrogen and oxygen atoms in total. The Hall–Kier alpha value is -3.37. The number of benzene rings is 1. The summed E-state index contributed by atoms with van der Waals surface area (Å²) in [6.07, 6.45) is 3.96. The molecule has 1 amide bonds. The summed E-state index contributed by atoms with van der Waals surface area (Å²) in [7, 11) is 0. The molecule has 0 spiro atoms. The van der Waals surface area contributed by atoms with Crippen LogP contribution < -0.4 is 5.43 Å². The van der Waals surface area contributed by atoms with Crippen LogP contribution in [0.5, 0.6) is 0 Å². The number of carbonyl (C=O) groups excluding carboxylic acids is 1. The zero-order valence-corrected chi connectivity index (χ0v) is 12.9. The summed E-state index contributed by atoms with van der Waals surface area (Å²) in [6, 6.07) is 12.4. The van der Waals surface area contributed by atoms with E-state index < -0.39 is 5.91 Å². The third-order valence-corrected chi connectivity index (χ3v) is 3.27. The highest BCUT2D eigenvalue weighted by molar-refractivity contribution is 6.30. The van der Waals surface area contributed by atoms with Crippen LogP contribution in [0.4, 0.5) is 0 Å². The molecule has 0 saturated heterocycles. The molecule has 2 heterocycles. The minimum atomic E-state index is -0.599. The van der Waals surface area contributed by atoms with Gasteiger partial charge in [-0.15, -0.1) is 10.2 Å². The van der Waals surface area contributed by atoms with E-state index >= 15 is 0 Å². The number of nitriles is 1. The molecule has 8 heteroatoms. The van der Waals surface area contributed by atoms with Crippen molar-refractivity contribution in [2.24, 2.45) is 0 Å². The van der Waals surface area contributed by atoms with Gasteiger partial charge in [-0.05, 0) is 24.3 Å². The van der Waals surface area contributed by atoms with Crippen molar-refractivity contribution in [1.82, 2.24) is 14.9 Å². The highest BCUT2D eigenvalue weighted by Gasteiger charge is 2.11. The van der Waals surface area contributed by atoms with E-state index in [1.807, 2.05) is 18.2 Å².